The van der Waals surface area contributed by atoms with Crippen LogP contribution in [-0.2, 0) is 9.59 Å². The van der Waals surface area contributed by atoms with E-state index >= 15 is 0 Å². The number of amides is 3. The van der Waals surface area contributed by atoms with Crippen molar-refractivity contribution in [3.8, 4) is 0 Å². The maximum Gasteiger partial charge on any atom is 0.326 e. The highest BCUT2D eigenvalue weighted by Gasteiger charge is 2.25. The van der Waals surface area contributed by atoms with E-state index < -0.39 is 24.1 Å². The summed E-state index contributed by atoms with van der Waals surface area (Å²) in [7, 11) is 1.63. The molecule has 0 saturated carbocycles. The zero-order chi connectivity index (χ0) is 15.2. The molecule has 7 heteroatoms. The number of aliphatic carboxylic acids is 1. The second kappa shape index (κ2) is 7.60. The molecule has 3 N–H and O–H groups in total. The van der Waals surface area contributed by atoms with Gasteiger partial charge in [0.15, 0.2) is 0 Å². The molecule has 0 radical (unpaired) electrons. The van der Waals surface area contributed by atoms with E-state index in [0.717, 1.165) is 0 Å². The van der Waals surface area contributed by atoms with Gasteiger partial charge in [-0.15, -0.1) is 0 Å². The highest BCUT2D eigenvalue weighted by Crippen LogP contribution is 2.01. The van der Waals surface area contributed by atoms with E-state index in [1.807, 2.05) is 6.92 Å². The maximum atomic E-state index is 11.7. The van der Waals surface area contributed by atoms with Crippen LogP contribution in [0.15, 0.2) is 0 Å². The summed E-state index contributed by atoms with van der Waals surface area (Å²) in [6, 6.07) is -2.34. The second-order valence-corrected chi connectivity index (χ2v) is 4.75. The molecule has 0 aromatic heterocycles. The molecule has 0 saturated heterocycles. The molecule has 0 rings (SSSR count). The Bertz CT molecular complexity index is 344. The van der Waals surface area contributed by atoms with E-state index in [2.05, 4.69) is 10.6 Å². The highest BCUT2D eigenvalue weighted by molar-refractivity contribution is 5.88. The minimum atomic E-state index is -1.10. The average Bonchev–Trinajstić information content (AvgIpc) is 2.32. The van der Waals surface area contributed by atoms with Crippen molar-refractivity contribution in [2.45, 2.75) is 39.8 Å². The SMILES string of the molecule is CCN(C)C(=O)C(C)NC(=O)NC(C(=O)O)C(C)C. The van der Waals surface area contributed by atoms with Crippen LogP contribution in [0.4, 0.5) is 4.79 Å². The van der Waals surface area contributed by atoms with Gasteiger partial charge in [-0.05, 0) is 19.8 Å². The fraction of sp³-hybridized carbons (Fsp3) is 0.750. The zero-order valence-corrected chi connectivity index (χ0v) is 12.1. The molecule has 3 amide bonds. The fourth-order valence-electron chi connectivity index (χ4n) is 1.44. The Morgan fingerprint density at radius 1 is 1.16 bits per heavy atom. The summed E-state index contributed by atoms with van der Waals surface area (Å²) in [5.41, 5.74) is 0. The lowest BCUT2D eigenvalue weighted by Crippen LogP contribution is -2.53. The molecule has 19 heavy (non-hydrogen) atoms. The van der Waals surface area contributed by atoms with Crippen molar-refractivity contribution in [2.24, 2.45) is 5.92 Å². The molecule has 0 fully saturated rings. The van der Waals surface area contributed by atoms with Crippen molar-refractivity contribution >= 4 is 17.9 Å². The predicted octanol–water partition coefficient (Wildman–Crippen LogP) is 0.262. The van der Waals surface area contributed by atoms with Gasteiger partial charge < -0.3 is 20.6 Å². The Kier molecular flexibility index (Phi) is 6.89. The van der Waals surface area contributed by atoms with Crippen molar-refractivity contribution < 1.29 is 19.5 Å². The largest absolute Gasteiger partial charge is 0.480 e. The second-order valence-electron chi connectivity index (χ2n) is 4.75. The first-order valence-corrected chi connectivity index (χ1v) is 6.25. The number of urea groups is 1. The molecule has 2 unspecified atom stereocenters. The first-order chi connectivity index (χ1) is 8.70. The van der Waals surface area contributed by atoms with Gasteiger partial charge in [0.1, 0.15) is 12.1 Å². The smallest absolute Gasteiger partial charge is 0.326 e. The van der Waals surface area contributed by atoms with Gasteiger partial charge in [0, 0.05) is 13.6 Å². The molecule has 0 heterocycles. The number of carbonyl (C=O) groups is 3. The number of carboxylic acids is 1. The van der Waals surface area contributed by atoms with E-state index in [-0.39, 0.29) is 11.8 Å². The molecule has 0 aliphatic heterocycles. The molecule has 110 valence electrons. The van der Waals surface area contributed by atoms with Crippen LogP contribution in [0.3, 0.4) is 0 Å². The van der Waals surface area contributed by atoms with Crippen molar-refractivity contribution in [3.63, 3.8) is 0 Å². The molecule has 0 aliphatic rings. The number of likely N-dealkylation sites (N-methyl/N-ethyl adjacent to an activating group) is 1. The molecule has 2 atom stereocenters. The maximum absolute atomic E-state index is 11.7. The summed E-state index contributed by atoms with van der Waals surface area (Å²) in [6.45, 7) is 7.30. The third-order valence-corrected chi connectivity index (χ3v) is 2.79. The molecule has 0 aromatic carbocycles. The molecule has 0 aromatic rings. The van der Waals surface area contributed by atoms with Crippen LogP contribution in [0.1, 0.15) is 27.7 Å². The number of nitrogens with one attached hydrogen (secondary N) is 2. The Hall–Kier alpha value is -1.79. The number of rotatable bonds is 6. The molecule has 0 aliphatic carbocycles. The van der Waals surface area contributed by atoms with Crippen molar-refractivity contribution in [1.29, 1.82) is 0 Å². The number of carbonyl (C=O) groups excluding carboxylic acids is 2. The standard InChI is InChI=1S/C12H23N3O4/c1-6-15(5)10(16)8(4)13-12(19)14-9(7(2)3)11(17)18/h7-9H,6H2,1-5H3,(H,17,18)(H2,13,14,19). The third-order valence-electron chi connectivity index (χ3n) is 2.79. The van der Waals surface area contributed by atoms with E-state index in [0.29, 0.717) is 6.54 Å². The lowest BCUT2D eigenvalue weighted by molar-refractivity contribution is -0.140. The zero-order valence-electron chi connectivity index (χ0n) is 12.1. The number of hydrogen-bond donors (Lipinski definition) is 3. The van der Waals surface area contributed by atoms with Crippen LogP contribution in [-0.4, -0.2) is 53.6 Å². The fourth-order valence-corrected chi connectivity index (χ4v) is 1.44. The van der Waals surface area contributed by atoms with Crippen molar-refractivity contribution in [1.82, 2.24) is 15.5 Å². The van der Waals surface area contributed by atoms with Crippen LogP contribution in [0.25, 0.3) is 0 Å². The molecule has 7 nitrogen and oxygen atoms in total. The van der Waals surface area contributed by atoms with Crippen LogP contribution in [0, 0.1) is 5.92 Å². The van der Waals surface area contributed by atoms with Gasteiger partial charge in [-0.3, -0.25) is 4.79 Å². The number of nitrogens with zero attached hydrogens (tertiary/aromatic N) is 1. The average molecular weight is 273 g/mol. The van der Waals surface area contributed by atoms with E-state index in [9.17, 15) is 14.4 Å². The Balaban J connectivity index is 4.45. The monoisotopic (exact) mass is 273 g/mol. The van der Waals surface area contributed by atoms with E-state index in [4.69, 9.17) is 5.11 Å². The van der Waals surface area contributed by atoms with Crippen LogP contribution < -0.4 is 10.6 Å². The number of hydrogen-bond acceptors (Lipinski definition) is 3. The molecular formula is C12H23N3O4. The number of carboxylic acid groups (broad SMARTS) is 1. The molecule has 0 spiro atoms. The first-order valence-electron chi connectivity index (χ1n) is 6.25. The minimum Gasteiger partial charge on any atom is -0.480 e. The quantitative estimate of drug-likeness (QED) is 0.646. The van der Waals surface area contributed by atoms with Gasteiger partial charge >= 0.3 is 12.0 Å². The van der Waals surface area contributed by atoms with Crippen LogP contribution >= 0.6 is 0 Å². The summed E-state index contributed by atoms with van der Waals surface area (Å²) in [5.74, 6) is -1.57. The van der Waals surface area contributed by atoms with Gasteiger partial charge in [-0.1, -0.05) is 13.8 Å². The van der Waals surface area contributed by atoms with Gasteiger partial charge in [0.05, 0.1) is 0 Å². The topological polar surface area (TPSA) is 98.7 Å². The van der Waals surface area contributed by atoms with Gasteiger partial charge in [0.25, 0.3) is 0 Å². The summed E-state index contributed by atoms with van der Waals surface area (Å²) < 4.78 is 0. The summed E-state index contributed by atoms with van der Waals surface area (Å²) in [4.78, 5) is 35.8. The van der Waals surface area contributed by atoms with Crippen LogP contribution in [0.5, 0.6) is 0 Å². The van der Waals surface area contributed by atoms with E-state index in [1.165, 1.54) is 4.90 Å². The first kappa shape index (κ1) is 17.2. The van der Waals surface area contributed by atoms with Crippen molar-refractivity contribution in [2.75, 3.05) is 13.6 Å². The van der Waals surface area contributed by atoms with Crippen molar-refractivity contribution in [3.05, 3.63) is 0 Å². The highest BCUT2D eigenvalue weighted by atomic mass is 16.4. The van der Waals surface area contributed by atoms with Gasteiger partial charge in [0.2, 0.25) is 5.91 Å². The minimum absolute atomic E-state index is 0.228. The normalized spacial score (nSPS) is 13.6. The predicted molar refractivity (Wildman–Crippen MR) is 70.7 cm³/mol. The Labute approximate surface area is 113 Å². The summed E-state index contributed by atoms with van der Waals surface area (Å²) >= 11 is 0. The third kappa shape index (κ3) is 5.58. The Morgan fingerprint density at radius 2 is 1.68 bits per heavy atom. The van der Waals surface area contributed by atoms with Gasteiger partial charge in [-0.2, -0.15) is 0 Å². The molecular weight excluding hydrogens is 250 g/mol. The van der Waals surface area contributed by atoms with Crippen LogP contribution in [0.2, 0.25) is 0 Å². The Morgan fingerprint density at radius 3 is 2.05 bits per heavy atom. The molecule has 0 bridgehead atoms. The summed E-state index contributed by atoms with van der Waals surface area (Å²) in [6.07, 6.45) is 0. The summed E-state index contributed by atoms with van der Waals surface area (Å²) in [5, 5.41) is 13.7. The lowest BCUT2D eigenvalue weighted by atomic mass is 10.1. The van der Waals surface area contributed by atoms with E-state index in [1.54, 1.807) is 27.8 Å². The van der Waals surface area contributed by atoms with Gasteiger partial charge in [-0.25, -0.2) is 9.59 Å². The lowest BCUT2D eigenvalue weighted by Gasteiger charge is -2.23.